The van der Waals surface area contributed by atoms with Crippen molar-refractivity contribution in [2.75, 3.05) is 0 Å². The van der Waals surface area contributed by atoms with Gasteiger partial charge in [-0.05, 0) is 13.3 Å². The van der Waals surface area contributed by atoms with Crippen molar-refractivity contribution in [3.05, 3.63) is 10.1 Å². The molecule has 0 rings (SSSR count). The minimum absolute atomic E-state index is 0.0401. The standard InChI is InChI=1S/C9H14F3NO3/c1-3-5-8(13(15)16,9(10,11)12)6-4-7(2)14/h3-6H2,1-2H3. The lowest BCUT2D eigenvalue weighted by Gasteiger charge is -2.26. The Labute approximate surface area is 91.0 Å². The normalized spacial score (nSPS) is 15.6. The lowest BCUT2D eigenvalue weighted by molar-refractivity contribution is -0.615. The molecule has 0 radical (unpaired) electrons. The molecule has 0 heterocycles. The molecule has 7 heteroatoms. The number of hydrogen-bond acceptors (Lipinski definition) is 3. The van der Waals surface area contributed by atoms with E-state index in [2.05, 4.69) is 0 Å². The van der Waals surface area contributed by atoms with Gasteiger partial charge in [-0.25, -0.2) is 0 Å². The van der Waals surface area contributed by atoms with Crippen LogP contribution >= 0.6 is 0 Å². The molecular formula is C9H14F3NO3. The first kappa shape index (κ1) is 14.9. The van der Waals surface area contributed by atoms with Crippen LogP contribution in [-0.4, -0.2) is 22.4 Å². The fourth-order valence-corrected chi connectivity index (χ4v) is 1.49. The first-order valence-corrected chi connectivity index (χ1v) is 4.88. The highest BCUT2D eigenvalue weighted by molar-refractivity contribution is 5.75. The van der Waals surface area contributed by atoms with E-state index in [-0.39, 0.29) is 6.42 Å². The van der Waals surface area contributed by atoms with Crippen LogP contribution in [-0.2, 0) is 4.79 Å². The molecule has 4 nitrogen and oxygen atoms in total. The van der Waals surface area contributed by atoms with Crippen LogP contribution in [0.2, 0.25) is 0 Å². The molecule has 0 N–H and O–H groups in total. The molecule has 0 aromatic rings. The predicted octanol–water partition coefficient (Wildman–Crippen LogP) is 2.73. The van der Waals surface area contributed by atoms with E-state index >= 15 is 0 Å². The zero-order chi connectivity index (χ0) is 13.0. The third kappa shape index (κ3) is 3.18. The summed E-state index contributed by atoms with van der Waals surface area (Å²) in [5.41, 5.74) is -2.98. The van der Waals surface area contributed by atoms with Gasteiger partial charge in [-0.3, -0.25) is 10.1 Å². The average Bonchev–Trinajstić information content (AvgIpc) is 2.09. The maximum Gasteiger partial charge on any atom is 0.460 e. The Kier molecular flexibility index (Phi) is 4.89. The van der Waals surface area contributed by atoms with Crippen LogP contribution in [0.5, 0.6) is 0 Å². The second kappa shape index (κ2) is 5.27. The molecule has 0 saturated heterocycles. The van der Waals surface area contributed by atoms with Gasteiger partial charge in [-0.2, -0.15) is 13.2 Å². The fourth-order valence-electron chi connectivity index (χ4n) is 1.49. The van der Waals surface area contributed by atoms with Gasteiger partial charge in [-0.15, -0.1) is 0 Å². The molecule has 94 valence electrons. The van der Waals surface area contributed by atoms with Crippen molar-refractivity contribution >= 4 is 5.78 Å². The zero-order valence-electron chi connectivity index (χ0n) is 9.13. The first-order valence-electron chi connectivity index (χ1n) is 4.88. The molecule has 0 aliphatic carbocycles. The topological polar surface area (TPSA) is 60.2 Å². The van der Waals surface area contributed by atoms with Gasteiger partial charge in [-0.1, -0.05) is 6.92 Å². The fraction of sp³-hybridized carbons (Fsp3) is 0.889. The van der Waals surface area contributed by atoms with Gasteiger partial charge in [0.15, 0.2) is 0 Å². The van der Waals surface area contributed by atoms with Crippen LogP contribution in [0.25, 0.3) is 0 Å². The van der Waals surface area contributed by atoms with E-state index in [1.54, 1.807) is 0 Å². The van der Waals surface area contributed by atoms with E-state index in [0.717, 1.165) is 6.92 Å². The van der Waals surface area contributed by atoms with Crippen LogP contribution in [0.3, 0.4) is 0 Å². The molecule has 0 aromatic carbocycles. The minimum Gasteiger partial charge on any atom is -0.300 e. The number of Topliss-reactive ketones (excluding diaryl/α,β-unsaturated/α-hetero) is 1. The number of rotatable bonds is 6. The lowest BCUT2D eigenvalue weighted by Crippen LogP contribution is -2.52. The van der Waals surface area contributed by atoms with E-state index in [4.69, 9.17) is 0 Å². The molecule has 0 spiro atoms. The summed E-state index contributed by atoms with van der Waals surface area (Å²) in [5.74, 6) is -0.480. The number of nitro groups is 1. The van der Waals surface area contributed by atoms with E-state index in [9.17, 15) is 28.1 Å². The summed E-state index contributed by atoms with van der Waals surface area (Å²) in [4.78, 5) is 20.0. The predicted molar refractivity (Wildman–Crippen MR) is 50.6 cm³/mol. The number of carbonyl (C=O) groups is 1. The largest absolute Gasteiger partial charge is 0.460 e. The molecule has 1 atom stereocenters. The van der Waals surface area contributed by atoms with Crippen molar-refractivity contribution in [3.8, 4) is 0 Å². The summed E-state index contributed by atoms with van der Waals surface area (Å²) in [5, 5.41) is 10.6. The van der Waals surface area contributed by atoms with Crippen LogP contribution < -0.4 is 0 Å². The highest BCUT2D eigenvalue weighted by Gasteiger charge is 2.64. The molecule has 16 heavy (non-hydrogen) atoms. The smallest absolute Gasteiger partial charge is 0.300 e. The Bertz CT molecular complexity index is 278. The highest BCUT2D eigenvalue weighted by atomic mass is 19.4. The van der Waals surface area contributed by atoms with Crippen molar-refractivity contribution in [2.45, 2.75) is 51.2 Å². The Balaban J connectivity index is 5.10. The van der Waals surface area contributed by atoms with E-state index in [1.807, 2.05) is 0 Å². The third-order valence-corrected chi connectivity index (χ3v) is 2.43. The van der Waals surface area contributed by atoms with Gasteiger partial charge in [0.2, 0.25) is 0 Å². The van der Waals surface area contributed by atoms with Crippen molar-refractivity contribution in [2.24, 2.45) is 0 Å². The van der Waals surface area contributed by atoms with Crippen molar-refractivity contribution in [3.63, 3.8) is 0 Å². The number of hydrogen-bond donors (Lipinski definition) is 0. The Morgan fingerprint density at radius 3 is 2.06 bits per heavy atom. The molecule has 0 amide bonds. The van der Waals surface area contributed by atoms with Gasteiger partial charge in [0.25, 0.3) is 0 Å². The summed E-state index contributed by atoms with van der Waals surface area (Å²) >= 11 is 0. The molecule has 1 unspecified atom stereocenters. The summed E-state index contributed by atoms with van der Waals surface area (Å²) in [6.45, 7) is 2.56. The van der Waals surface area contributed by atoms with E-state index in [1.165, 1.54) is 6.92 Å². The number of nitrogens with zero attached hydrogens (tertiary/aromatic N) is 1. The van der Waals surface area contributed by atoms with Crippen molar-refractivity contribution < 1.29 is 22.9 Å². The van der Waals surface area contributed by atoms with Crippen molar-refractivity contribution in [1.82, 2.24) is 0 Å². The van der Waals surface area contributed by atoms with Crippen LogP contribution in [0.1, 0.15) is 39.5 Å². The Hall–Kier alpha value is -1.14. The maximum absolute atomic E-state index is 12.7. The van der Waals surface area contributed by atoms with Gasteiger partial charge >= 0.3 is 11.7 Å². The molecule has 0 aromatic heterocycles. The van der Waals surface area contributed by atoms with Gasteiger partial charge in [0, 0.05) is 24.2 Å². The second-order valence-corrected chi connectivity index (χ2v) is 3.74. The second-order valence-electron chi connectivity index (χ2n) is 3.74. The maximum atomic E-state index is 12.7. The minimum atomic E-state index is -4.93. The Morgan fingerprint density at radius 2 is 1.81 bits per heavy atom. The third-order valence-electron chi connectivity index (χ3n) is 2.43. The van der Waals surface area contributed by atoms with Crippen LogP contribution in [0.4, 0.5) is 13.2 Å². The number of carbonyl (C=O) groups excluding carboxylic acids is 1. The molecule has 0 fully saturated rings. The highest BCUT2D eigenvalue weighted by Crippen LogP contribution is 2.40. The molecule has 0 saturated carbocycles. The number of alkyl halides is 3. The quantitative estimate of drug-likeness (QED) is 0.530. The molecule has 0 bridgehead atoms. The van der Waals surface area contributed by atoms with Crippen LogP contribution in [0.15, 0.2) is 0 Å². The molecular weight excluding hydrogens is 227 g/mol. The zero-order valence-corrected chi connectivity index (χ0v) is 9.13. The van der Waals surface area contributed by atoms with E-state index < -0.39 is 41.7 Å². The molecule has 0 aliphatic rings. The lowest BCUT2D eigenvalue weighted by atomic mass is 9.87. The Morgan fingerprint density at radius 1 is 1.31 bits per heavy atom. The van der Waals surface area contributed by atoms with E-state index in [0.29, 0.717) is 0 Å². The van der Waals surface area contributed by atoms with Gasteiger partial charge in [0.05, 0.1) is 0 Å². The SMILES string of the molecule is CCCC(CCC(C)=O)([N+](=O)[O-])C(F)(F)F. The first-order chi connectivity index (χ1) is 7.17. The number of ketones is 1. The average molecular weight is 241 g/mol. The number of halogens is 3. The van der Waals surface area contributed by atoms with Gasteiger partial charge < -0.3 is 4.79 Å². The molecule has 0 aliphatic heterocycles. The van der Waals surface area contributed by atoms with Gasteiger partial charge in [0.1, 0.15) is 5.78 Å². The summed E-state index contributed by atoms with van der Waals surface area (Å²) < 4.78 is 38.1. The summed E-state index contributed by atoms with van der Waals surface area (Å²) in [6.07, 6.45) is -6.70. The summed E-state index contributed by atoms with van der Waals surface area (Å²) in [6, 6.07) is 0. The summed E-state index contributed by atoms with van der Waals surface area (Å²) in [7, 11) is 0. The van der Waals surface area contributed by atoms with Crippen molar-refractivity contribution in [1.29, 1.82) is 0 Å². The van der Waals surface area contributed by atoms with Crippen LogP contribution in [0, 0.1) is 10.1 Å². The monoisotopic (exact) mass is 241 g/mol.